The summed E-state index contributed by atoms with van der Waals surface area (Å²) < 4.78 is 24.4. The maximum Gasteiger partial charge on any atom is 0.247 e. The molecule has 7 heteroatoms. The normalized spacial score (nSPS) is 23.8. The molecule has 6 nitrogen and oxygen atoms in total. The van der Waals surface area contributed by atoms with Gasteiger partial charge in [-0.25, -0.2) is 8.42 Å². The Hall–Kier alpha value is -1.37. The third kappa shape index (κ3) is 2.55. The topological polar surface area (TPSA) is 72.3 Å². The SMILES string of the molecule is CC(C(=O)N(C)C1CCS(=O)(=O)C1)n1cccn1. The Kier molecular flexibility index (Phi) is 3.43. The number of likely N-dealkylation sites (N-methyl/N-ethyl adjacent to an activating group) is 1. The number of nitrogens with zero attached hydrogens (tertiary/aromatic N) is 3. The molecule has 0 radical (unpaired) electrons. The molecule has 1 aromatic heterocycles. The number of hydrogen-bond donors (Lipinski definition) is 0. The molecule has 18 heavy (non-hydrogen) atoms. The summed E-state index contributed by atoms with van der Waals surface area (Å²) in [6.07, 6.45) is 3.86. The van der Waals surface area contributed by atoms with Crippen LogP contribution in [0.2, 0.25) is 0 Å². The highest BCUT2D eigenvalue weighted by Gasteiger charge is 2.34. The molecule has 0 spiro atoms. The monoisotopic (exact) mass is 271 g/mol. The van der Waals surface area contributed by atoms with Crippen LogP contribution in [0.1, 0.15) is 19.4 Å². The Labute approximate surface area is 106 Å². The average molecular weight is 271 g/mol. The minimum atomic E-state index is -2.97. The van der Waals surface area contributed by atoms with Crippen molar-refractivity contribution in [3.8, 4) is 0 Å². The highest BCUT2D eigenvalue weighted by atomic mass is 32.2. The van der Waals surface area contributed by atoms with E-state index in [1.54, 1.807) is 37.1 Å². The molecule has 0 bridgehead atoms. The molecular weight excluding hydrogens is 254 g/mol. The largest absolute Gasteiger partial charge is 0.340 e. The van der Waals surface area contributed by atoms with Crippen LogP contribution in [0.15, 0.2) is 18.5 Å². The summed E-state index contributed by atoms with van der Waals surface area (Å²) in [5.41, 5.74) is 0. The Morgan fingerprint density at radius 2 is 2.28 bits per heavy atom. The standard InChI is InChI=1S/C11H17N3O3S/c1-9(14-6-3-5-12-14)11(15)13(2)10-4-7-18(16,17)8-10/h3,5-6,9-10H,4,7-8H2,1-2H3. The molecule has 100 valence electrons. The van der Waals surface area contributed by atoms with Crippen molar-refractivity contribution < 1.29 is 13.2 Å². The molecule has 0 aromatic carbocycles. The van der Waals surface area contributed by atoms with Gasteiger partial charge in [0.15, 0.2) is 9.84 Å². The quantitative estimate of drug-likeness (QED) is 0.781. The Balaban J connectivity index is 2.06. The van der Waals surface area contributed by atoms with Crippen LogP contribution >= 0.6 is 0 Å². The molecule has 2 unspecified atom stereocenters. The van der Waals surface area contributed by atoms with Gasteiger partial charge in [0.25, 0.3) is 0 Å². The van der Waals surface area contributed by atoms with Crippen molar-refractivity contribution in [1.82, 2.24) is 14.7 Å². The minimum absolute atomic E-state index is 0.0705. The van der Waals surface area contributed by atoms with Crippen LogP contribution in [0.3, 0.4) is 0 Å². The fourth-order valence-electron chi connectivity index (χ4n) is 2.18. The molecule has 2 heterocycles. The van der Waals surface area contributed by atoms with E-state index in [0.29, 0.717) is 6.42 Å². The van der Waals surface area contributed by atoms with Crippen molar-refractivity contribution >= 4 is 15.7 Å². The van der Waals surface area contributed by atoms with Crippen LogP contribution in [0.5, 0.6) is 0 Å². The van der Waals surface area contributed by atoms with Gasteiger partial charge in [0.2, 0.25) is 5.91 Å². The maximum absolute atomic E-state index is 12.2. The number of hydrogen-bond acceptors (Lipinski definition) is 4. The summed E-state index contributed by atoms with van der Waals surface area (Å²) in [5.74, 6) is 0.132. The second-order valence-corrected chi connectivity index (χ2v) is 6.90. The first-order valence-corrected chi connectivity index (χ1v) is 7.69. The zero-order chi connectivity index (χ0) is 13.3. The van der Waals surface area contributed by atoms with E-state index < -0.39 is 15.9 Å². The van der Waals surface area contributed by atoms with Crippen molar-refractivity contribution in [2.45, 2.75) is 25.4 Å². The first-order chi connectivity index (χ1) is 8.41. The predicted octanol–water partition coefficient (Wildman–Crippen LogP) is 0.0896. The van der Waals surface area contributed by atoms with E-state index in [9.17, 15) is 13.2 Å². The Morgan fingerprint density at radius 3 is 2.78 bits per heavy atom. The number of rotatable bonds is 3. The molecule has 0 aliphatic carbocycles. The number of amides is 1. The summed E-state index contributed by atoms with van der Waals surface area (Å²) in [7, 11) is -1.31. The molecule has 1 aromatic rings. The van der Waals surface area contributed by atoms with Crippen LogP contribution in [-0.2, 0) is 14.6 Å². The van der Waals surface area contributed by atoms with Gasteiger partial charge in [-0.15, -0.1) is 0 Å². The van der Waals surface area contributed by atoms with Gasteiger partial charge >= 0.3 is 0 Å². The smallest absolute Gasteiger partial charge is 0.247 e. The van der Waals surface area contributed by atoms with E-state index in [0.717, 1.165) is 0 Å². The van der Waals surface area contributed by atoms with Crippen LogP contribution in [0, 0.1) is 0 Å². The van der Waals surface area contributed by atoms with Gasteiger partial charge in [-0.05, 0) is 19.4 Å². The van der Waals surface area contributed by atoms with Crippen molar-refractivity contribution in [2.75, 3.05) is 18.6 Å². The van der Waals surface area contributed by atoms with E-state index in [2.05, 4.69) is 5.10 Å². The molecule has 1 fully saturated rings. The fourth-order valence-corrected chi connectivity index (χ4v) is 3.95. The number of carbonyl (C=O) groups is 1. The number of aromatic nitrogens is 2. The van der Waals surface area contributed by atoms with Gasteiger partial charge in [0.05, 0.1) is 11.5 Å². The van der Waals surface area contributed by atoms with Crippen LogP contribution in [-0.4, -0.2) is 53.6 Å². The van der Waals surface area contributed by atoms with Crippen molar-refractivity contribution in [2.24, 2.45) is 0 Å². The van der Waals surface area contributed by atoms with Crippen molar-refractivity contribution in [3.63, 3.8) is 0 Å². The summed E-state index contributed by atoms with van der Waals surface area (Å²) >= 11 is 0. The van der Waals surface area contributed by atoms with Gasteiger partial charge in [-0.1, -0.05) is 0 Å². The molecular formula is C11H17N3O3S. The molecule has 1 amide bonds. The van der Waals surface area contributed by atoms with E-state index >= 15 is 0 Å². The predicted molar refractivity (Wildman–Crippen MR) is 66.8 cm³/mol. The molecule has 0 N–H and O–H groups in total. The van der Waals surface area contributed by atoms with Gasteiger partial charge in [0.1, 0.15) is 6.04 Å². The summed E-state index contributed by atoms with van der Waals surface area (Å²) in [5, 5.41) is 4.03. The summed E-state index contributed by atoms with van der Waals surface area (Å²) in [6, 6.07) is 1.14. The van der Waals surface area contributed by atoms with E-state index in [4.69, 9.17) is 0 Å². The molecule has 0 saturated carbocycles. The lowest BCUT2D eigenvalue weighted by molar-refractivity contribution is -0.134. The summed E-state index contributed by atoms with van der Waals surface area (Å²) in [6.45, 7) is 1.76. The van der Waals surface area contributed by atoms with E-state index in [-0.39, 0.29) is 23.5 Å². The van der Waals surface area contributed by atoms with Gasteiger partial charge in [-0.3, -0.25) is 9.48 Å². The van der Waals surface area contributed by atoms with Crippen LogP contribution < -0.4 is 0 Å². The van der Waals surface area contributed by atoms with E-state index in [1.807, 2.05) is 0 Å². The molecule has 1 saturated heterocycles. The molecule has 1 aliphatic rings. The first kappa shape index (κ1) is 13.1. The molecule has 2 rings (SSSR count). The minimum Gasteiger partial charge on any atom is -0.340 e. The van der Waals surface area contributed by atoms with Crippen LogP contribution in [0.25, 0.3) is 0 Å². The second-order valence-electron chi connectivity index (χ2n) is 4.67. The maximum atomic E-state index is 12.2. The lowest BCUT2D eigenvalue weighted by Crippen LogP contribution is -2.41. The number of carbonyl (C=O) groups excluding carboxylic acids is 1. The molecule has 2 atom stereocenters. The summed E-state index contributed by atoms with van der Waals surface area (Å²) in [4.78, 5) is 13.7. The highest BCUT2D eigenvalue weighted by molar-refractivity contribution is 7.91. The van der Waals surface area contributed by atoms with Gasteiger partial charge in [0, 0.05) is 25.5 Å². The second kappa shape index (κ2) is 4.72. The zero-order valence-corrected chi connectivity index (χ0v) is 11.3. The van der Waals surface area contributed by atoms with Gasteiger partial charge in [-0.2, -0.15) is 5.10 Å². The highest BCUT2D eigenvalue weighted by Crippen LogP contribution is 2.19. The third-order valence-corrected chi connectivity index (χ3v) is 5.13. The Morgan fingerprint density at radius 1 is 1.56 bits per heavy atom. The first-order valence-electron chi connectivity index (χ1n) is 5.87. The average Bonchev–Trinajstić information content (AvgIpc) is 2.95. The Bertz CT molecular complexity index is 524. The lowest BCUT2D eigenvalue weighted by atomic mass is 10.2. The van der Waals surface area contributed by atoms with Crippen LogP contribution in [0.4, 0.5) is 0 Å². The fraction of sp³-hybridized carbons (Fsp3) is 0.636. The number of sulfone groups is 1. The van der Waals surface area contributed by atoms with Gasteiger partial charge < -0.3 is 4.90 Å². The van der Waals surface area contributed by atoms with E-state index in [1.165, 1.54) is 4.90 Å². The zero-order valence-electron chi connectivity index (χ0n) is 10.5. The van der Waals surface area contributed by atoms with Crippen molar-refractivity contribution in [3.05, 3.63) is 18.5 Å². The molecule has 1 aliphatic heterocycles. The third-order valence-electron chi connectivity index (χ3n) is 3.38. The lowest BCUT2D eigenvalue weighted by Gasteiger charge is -2.26. The van der Waals surface area contributed by atoms with Crippen molar-refractivity contribution in [1.29, 1.82) is 0 Å².